The van der Waals surface area contributed by atoms with E-state index in [1.807, 2.05) is 0 Å². The predicted octanol–water partition coefficient (Wildman–Crippen LogP) is 3.38. The maximum absolute atomic E-state index is 12.8. The second kappa shape index (κ2) is 8.46. The summed E-state index contributed by atoms with van der Waals surface area (Å²) < 4.78 is 0. The third-order valence-corrected chi connectivity index (χ3v) is 4.68. The summed E-state index contributed by atoms with van der Waals surface area (Å²) in [6.07, 6.45) is 2.89. The molecule has 1 aliphatic heterocycles. The molecule has 0 saturated carbocycles. The molecule has 2 aromatic carbocycles. The van der Waals surface area contributed by atoms with Crippen LogP contribution in [-0.4, -0.2) is 39.7 Å². The number of nitrogens with zero attached hydrogens (tertiary/aromatic N) is 3. The number of hydrogen-bond donors (Lipinski definition) is 1. The summed E-state index contributed by atoms with van der Waals surface area (Å²) in [4.78, 5) is 47.7. The molecule has 1 heterocycles. The zero-order valence-corrected chi connectivity index (χ0v) is 15.4. The summed E-state index contributed by atoms with van der Waals surface area (Å²) in [6.45, 7) is 1.27. The van der Waals surface area contributed by atoms with Crippen LogP contribution in [0.25, 0.3) is 0 Å². The molecular formula is C19H18N4O6. The minimum Gasteiger partial charge on any atom is -0.339 e. The normalized spacial score (nSPS) is 13.6. The Labute approximate surface area is 165 Å². The quantitative estimate of drug-likeness (QED) is 0.606. The van der Waals surface area contributed by atoms with Crippen molar-refractivity contribution in [3.05, 3.63) is 73.8 Å². The number of non-ortho nitro benzene ring substituents is 1. The maximum atomic E-state index is 12.8. The Morgan fingerprint density at radius 2 is 1.59 bits per heavy atom. The molecule has 2 aromatic rings. The van der Waals surface area contributed by atoms with Gasteiger partial charge in [-0.15, -0.1) is 0 Å². The molecule has 1 aliphatic rings. The Balaban J connectivity index is 1.89. The second-order valence-electron chi connectivity index (χ2n) is 6.57. The summed E-state index contributed by atoms with van der Waals surface area (Å²) in [5.41, 5.74) is -1.00. The molecule has 0 spiro atoms. The van der Waals surface area contributed by atoms with Gasteiger partial charge in [0.2, 0.25) is 0 Å². The van der Waals surface area contributed by atoms with Crippen molar-refractivity contribution < 1.29 is 19.4 Å². The van der Waals surface area contributed by atoms with Gasteiger partial charge in [0.1, 0.15) is 5.56 Å². The summed E-state index contributed by atoms with van der Waals surface area (Å²) in [7, 11) is 0. The van der Waals surface area contributed by atoms with Crippen molar-refractivity contribution in [1.29, 1.82) is 0 Å². The van der Waals surface area contributed by atoms with E-state index in [0.29, 0.717) is 13.1 Å². The smallest absolute Gasteiger partial charge is 0.289 e. The number of nitro groups is 2. The number of benzene rings is 2. The first-order valence-corrected chi connectivity index (χ1v) is 9.01. The second-order valence-corrected chi connectivity index (χ2v) is 6.57. The molecule has 0 aliphatic carbocycles. The summed E-state index contributed by atoms with van der Waals surface area (Å²) in [6, 6.07) is 9.20. The molecule has 0 unspecified atom stereocenters. The third kappa shape index (κ3) is 4.37. The number of likely N-dealkylation sites (tertiary alicyclic amines) is 1. The number of hydrogen-bond acceptors (Lipinski definition) is 6. The van der Waals surface area contributed by atoms with Crippen LogP contribution in [0.4, 0.5) is 17.1 Å². The van der Waals surface area contributed by atoms with Crippen molar-refractivity contribution in [2.24, 2.45) is 0 Å². The topological polar surface area (TPSA) is 136 Å². The molecule has 0 radical (unpaired) electrons. The molecule has 0 aromatic heterocycles. The van der Waals surface area contributed by atoms with Crippen LogP contribution in [0, 0.1) is 20.2 Å². The number of carbonyl (C=O) groups is 2. The number of carbonyl (C=O) groups excluding carboxylic acids is 2. The summed E-state index contributed by atoms with van der Waals surface area (Å²) in [5, 5.41) is 24.7. The molecule has 3 rings (SSSR count). The van der Waals surface area contributed by atoms with Gasteiger partial charge in [0, 0.05) is 19.2 Å². The molecule has 29 heavy (non-hydrogen) atoms. The van der Waals surface area contributed by atoms with E-state index in [9.17, 15) is 29.8 Å². The molecule has 10 nitrogen and oxygen atoms in total. The van der Waals surface area contributed by atoms with Gasteiger partial charge in [0.15, 0.2) is 0 Å². The molecule has 1 saturated heterocycles. The van der Waals surface area contributed by atoms with Gasteiger partial charge in [-0.3, -0.25) is 29.8 Å². The minimum atomic E-state index is -0.854. The highest BCUT2D eigenvalue weighted by atomic mass is 16.6. The maximum Gasteiger partial charge on any atom is 0.289 e. The monoisotopic (exact) mass is 398 g/mol. The van der Waals surface area contributed by atoms with Gasteiger partial charge in [0.25, 0.3) is 23.2 Å². The van der Waals surface area contributed by atoms with Crippen LogP contribution >= 0.6 is 0 Å². The first kappa shape index (κ1) is 19.9. The van der Waals surface area contributed by atoms with Gasteiger partial charge in [-0.2, -0.15) is 0 Å². The highest BCUT2D eigenvalue weighted by molar-refractivity contribution is 6.10. The number of anilines is 1. The van der Waals surface area contributed by atoms with Crippen molar-refractivity contribution in [3.63, 3.8) is 0 Å². The van der Waals surface area contributed by atoms with Crippen LogP contribution in [0.15, 0.2) is 42.5 Å². The van der Waals surface area contributed by atoms with Gasteiger partial charge >= 0.3 is 0 Å². The average molecular weight is 398 g/mol. The van der Waals surface area contributed by atoms with Gasteiger partial charge in [-0.05, 0) is 37.5 Å². The Bertz CT molecular complexity index is 984. The van der Waals surface area contributed by atoms with Crippen molar-refractivity contribution in [3.8, 4) is 0 Å². The lowest BCUT2D eigenvalue weighted by molar-refractivity contribution is -0.394. The fourth-order valence-electron chi connectivity index (χ4n) is 3.21. The Morgan fingerprint density at radius 3 is 2.24 bits per heavy atom. The van der Waals surface area contributed by atoms with Gasteiger partial charge in [-0.1, -0.05) is 12.1 Å². The largest absolute Gasteiger partial charge is 0.339 e. The van der Waals surface area contributed by atoms with Gasteiger partial charge < -0.3 is 10.2 Å². The number of para-hydroxylation sites is 1. The van der Waals surface area contributed by atoms with Gasteiger partial charge in [0.05, 0.1) is 27.2 Å². The zero-order chi connectivity index (χ0) is 21.0. The van der Waals surface area contributed by atoms with Crippen LogP contribution in [0.2, 0.25) is 0 Å². The van der Waals surface area contributed by atoms with Crippen LogP contribution < -0.4 is 5.32 Å². The average Bonchev–Trinajstić information content (AvgIpc) is 2.73. The van der Waals surface area contributed by atoms with Crippen LogP contribution in [0.3, 0.4) is 0 Å². The van der Waals surface area contributed by atoms with Crippen molar-refractivity contribution in [2.45, 2.75) is 19.3 Å². The Kier molecular flexibility index (Phi) is 5.82. The lowest BCUT2D eigenvalue weighted by Crippen LogP contribution is -2.36. The molecule has 0 bridgehead atoms. The first-order chi connectivity index (χ1) is 13.9. The van der Waals surface area contributed by atoms with E-state index in [4.69, 9.17) is 0 Å². The van der Waals surface area contributed by atoms with Crippen LogP contribution in [-0.2, 0) is 0 Å². The zero-order valence-electron chi connectivity index (χ0n) is 15.4. The standard InChI is InChI=1S/C19H18N4O6/c24-18(15-9-8-13(22(26)27)12-17(15)23(28)29)20-16-7-3-2-6-14(16)19(25)21-10-4-1-5-11-21/h2-3,6-9,12H,1,4-5,10-11H2,(H,20,24). The number of piperidine rings is 1. The fraction of sp³-hybridized carbons (Fsp3) is 0.263. The van der Waals surface area contributed by atoms with Crippen LogP contribution in [0.1, 0.15) is 40.0 Å². The fourth-order valence-corrected chi connectivity index (χ4v) is 3.21. The number of nitrogens with one attached hydrogen (secondary N) is 1. The van der Waals surface area contributed by atoms with E-state index in [1.54, 1.807) is 23.1 Å². The van der Waals surface area contributed by atoms with E-state index < -0.39 is 27.1 Å². The number of nitro benzene ring substituents is 2. The SMILES string of the molecule is O=C(Nc1ccccc1C(=O)N1CCCCC1)c1ccc([N+](=O)[O-])cc1[N+](=O)[O-]. The highest BCUT2D eigenvalue weighted by Crippen LogP contribution is 2.27. The molecule has 2 amide bonds. The minimum absolute atomic E-state index is 0.223. The number of rotatable bonds is 5. The molecule has 10 heteroatoms. The predicted molar refractivity (Wildman–Crippen MR) is 104 cm³/mol. The van der Waals surface area contributed by atoms with Crippen molar-refractivity contribution in [1.82, 2.24) is 4.90 Å². The molecule has 1 N–H and O–H groups in total. The molecule has 1 fully saturated rings. The van der Waals surface area contributed by atoms with E-state index in [0.717, 1.165) is 37.5 Å². The number of amides is 2. The van der Waals surface area contributed by atoms with E-state index in [-0.39, 0.29) is 22.7 Å². The third-order valence-electron chi connectivity index (χ3n) is 4.68. The highest BCUT2D eigenvalue weighted by Gasteiger charge is 2.26. The molecular weight excluding hydrogens is 380 g/mol. The van der Waals surface area contributed by atoms with Crippen molar-refractivity contribution in [2.75, 3.05) is 18.4 Å². The summed E-state index contributed by atoms with van der Waals surface area (Å²) in [5.74, 6) is -1.05. The lowest BCUT2D eigenvalue weighted by Gasteiger charge is -2.27. The van der Waals surface area contributed by atoms with Crippen molar-refractivity contribution >= 4 is 28.9 Å². The summed E-state index contributed by atoms with van der Waals surface area (Å²) >= 11 is 0. The Morgan fingerprint density at radius 1 is 0.897 bits per heavy atom. The first-order valence-electron chi connectivity index (χ1n) is 9.01. The van der Waals surface area contributed by atoms with E-state index in [1.165, 1.54) is 6.07 Å². The Hall–Kier alpha value is -3.82. The lowest BCUT2D eigenvalue weighted by atomic mass is 10.1. The van der Waals surface area contributed by atoms with Crippen LogP contribution in [0.5, 0.6) is 0 Å². The molecule has 0 atom stereocenters. The van der Waals surface area contributed by atoms with E-state index in [2.05, 4.69) is 5.32 Å². The molecule has 150 valence electrons. The van der Waals surface area contributed by atoms with Gasteiger partial charge in [-0.25, -0.2) is 0 Å². The van der Waals surface area contributed by atoms with E-state index >= 15 is 0 Å².